The molecule has 0 atom stereocenters. The van der Waals surface area contributed by atoms with Crippen molar-refractivity contribution >= 4 is 17.5 Å². The van der Waals surface area contributed by atoms with Gasteiger partial charge >= 0.3 is 0 Å². The number of carbonyl (C=O) groups is 2. The van der Waals surface area contributed by atoms with E-state index in [1.54, 1.807) is 30.7 Å². The number of fused-ring (bicyclic) bond motifs is 1. The second-order valence-corrected chi connectivity index (χ2v) is 6.54. The van der Waals surface area contributed by atoms with Crippen molar-refractivity contribution in [1.82, 2.24) is 4.90 Å². The Kier molecular flexibility index (Phi) is 4.89. The summed E-state index contributed by atoms with van der Waals surface area (Å²) >= 11 is 0. The fraction of sp³-hybridized carbons (Fsp3) is 0.556. The predicted octanol–water partition coefficient (Wildman–Crippen LogP) is 2.86. The maximum Gasteiger partial charge on any atom is 0.242 e. The second-order valence-electron chi connectivity index (χ2n) is 6.54. The van der Waals surface area contributed by atoms with Crippen molar-refractivity contribution in [3.8, 4) is 0 Å². The van der Waals surface area contributed by atoms with E-state index in [1.165, 1.54) is 5.56 Å². The van der Waals surface area contributed by atoms with Gasteiger partial charge in [0.15, 0.2) is 0 Å². The third kappa shape index (κ3) is 3.01. The second kappa shape index (κ2) is 6.51. The van der Waals surface area contributed by atoms with Crippen molar-refractivity contribution < 1.29 is 9.59 Å². The van der Waals surface area contributed by atoms with Gasteiger partial charge in [-0.05, 0) is 38.3 Å². The monoisotopic (exact) mass is 302 g/mol. The molecular weight excluding hydrogens is 276 g/mol. The number of unbranched alkanes of at least 4 members (excludes halogenated alkanes) is 1. The van der Waals surface area contributed by atoms with Crippen LogP contribution in [0.25, 0.3) is 0 Å². The number of benzene rings is 1. The number of anilines is 1. The highest BCUT2D eigenvalue weighted by molar-refractivity contribution is 6.11. The summed E-state index contributed by atoms with van der Waals surface area (Å²) in [5.74, 6) is -0.207. The number of hydrogen-bond donors (Lipinski definition) is 0. The first-order valence-electron chi connectivity index (χ1n) is 8.05. The van der Waals surface area contributed by atoms with Gasteiger partial charge in [0.25, 0.3) is 0 Å². The molecule has 1 aromatic rings. The Hall–Kier alpha value is -1.84. The van der Waals surface area contributed by atoms with E-state index in [0.717, 1.165) is 24.9 Å². The first-order valence-corrected chi connectivity index (χ1v) is 8.05. The summed E-state index contributed by atoms with van der Waals surface area (Å²) in [6, 6.07) is 7.93. The van der Waals surface area contributed by atoms with Crippen LogP contribution in [-0.2, 0) is 16.0 Å². The van der Waals surface area contributed by atoms with Gasteiger partial charge in [-0.15, -0.1) is 0 Å². The first-order chi connectivity index (χ1) is 10.4. The quantitative estimate of drug-likeness (QED) is 0.785. The number of carbonyl (C=O) groups excluding carboxylic acids is 2. The Balaban J connectivity index is 2.16. The zero-order valence-electron chi connectivity index (χ0n) is 14.1. The van der Waals surface area contributed by atoms with Crippen LogP contribution in [0.5, 0.6) is 0 Å². The molecule has 0 saturated heterocycles. The smallest absolute Gasteiger partial charge is 0.242 e. The zero-order valence-corrected chi connectivity index (χ0v) is 14.1. The number of amides is 2. The van der Waals surface area contributed by atoms with E-state index in [4.69, 9.17) is 0 Å². The van der Waals surface area contributed by atoms with Crippen LogP contribution in [0.3, 0.4) is 0 Å². The van der Waals surface area contributed by atoms with E-state index in [2.05, 4.69) is 6.92 Å². The van der Waals surface area contributed by atoms with E-state index in [9.17, 15) is 9.59 Å². The molecule has 22 heavy (non-hydrogen) atoms. The fourth-order valence-electron chi connectivity index (χ4n) is 2.95. The lowest BCUT2D eigenvalue weighted by Gasteiger charge is -2.32. The molecule has 2 amide bonds. The molecule has 0 saturated carbocycles. The molecule has 0 unspecified atom stereocenters. The Morgan fingerprint density at radius 2 is 1.95 bits per heavy atom. The minimum Gasteiger partial charge on any atom is -0.345 e. The van der Waals surface area contributed by atoms with E-state index in [0.29, 0.717) is 13.1 Å². The van der Waals surface area contributed by atoms with Crippen LogP contribution in [0, 0.1) is 5.41 Å². The van der Waals surface area contributed by atoms with Crippen molar-refractivity contribution in [1.29, 1.82) is 0 Å². The maximum atomic E-state index is 12.9. The zero-order chi connectivity index (χ0) is 16.3. The summed E-state index contributed by atoms with van der Waals surface area (Å²) < 4.78 is 0. The highest BCUT2D eigenvalue weighted by atomic mass is 16.2. The average Bonchev–Trinajstić information content (AvgIpc) is 2.94. The van der Waals surface area contributed by atoms with E-state index in [1.807, 2.05) is 24.3 Å². The molecular formula is C18H26N2O2. The van der Waals surface area contributed by atoms with Gasteiger partial charge in [-0.3, -0.25) is 9.59 Å². The summed E-state index contributed by atoms with van der Waals surface area (Å²) in [6.07, 6.45) is 2.85. The Morgan fingerprint density at radius 3 is 2.64 bits per heavy atom. The predicted molar refractivity (Wildman–Crippen MR) is 88.8 cm³/mol. The van der Waals surface area contributed by atoms with Crippen LogP contribution in [-0.4, -0.2) is 36.9 Å². The molecule has 0 aliphatic carbocycles. The number of nitrogens with zero attached hydrogens (tertiary/aromatic N) is 2. The van der Waals surface area contributed by atoms with E-state index in [-0.39, 0.29) is 11.8 Å². The van der Waals surface area contributed by atoms with Crippen LogP contribution in [0.15, 0.2) is 24.3 Å². The van der Waals surface area contributed by atoms with Gasteiger partial charge in [0.05, 0.1) is 0 Å². The minimum absolute atomic E-state index is 0.102. The van der Waals surface area contributed by atoms with Crippen molar-refractivity contribution in [2.24, 2.45) is 5.41 Å². The molecule has 1 aliphatic rings. The standard InChI is InChI=1S/C18H26N2O2/c1-5-6-12-19(4)16(21)18(2,3)17(22)20-13-11-14-9-7-8-10-15(14)20/h7-10H,5-6,11-13H2,1-4H3. The molecule has 0 radical (unpaired) electrons. The van der Waals surface area contributed by atoms with Crippen LogP contribution in [0.1, 0.15) is 39.2 Å². The van der Waals surface area contributed by atoms with Crippen LogP contribution in [0.2, 0.25) is 0 Å². The molecule has 1 aliphatic heterocycles. The van der Waals surface area contributed by atoms with Gasteiger partial charge in [0.1, 0.15) is 5.41 Å². The highest BCUT2D eigenvalue weighted by Gasteiger charge is 2.42. The van der Waals surface area contributed by atoms with Gasteiger partial charge in [0.2, 0.25) is 11.8 Å². The molecule has 0 bridgehead atoms. The number of hydrogen-bond acceptors (Lipinski definition) is 2. The Bertz CT molecular complexity index is 566. The van der Waals surface area contributed by atoms with E-state index < -0.39 is 5.41 Å². The normalized spacial score (nSPS) is 13.9. The van der Waals surface area contributed by atoms with Crippen LogP contribution < -0.4 is 4.90 Å². The Labute approximate surface area is 133 Å². The molecule has 4 heteroatoms. The van der Waals surface area contributed by atoms with Gasteiger partial charge in [-0.25, -0.2) is 0 Å². The summed E-state index contributed by atoms with van der Waals surface area (Å²) in [4.78, 5) is 29.0. The summed E-state index contributed by atoms with van der Waals surface area (Å²) in [5, 5.41) is 0. The SMILES string of the molecule is CCCCN(C)C(=O)C(C)(C)C(=O)N1CCc2ccccc21. The van der Waals surface area contributed by atoms with Crippen molar-refractivity contribution in [3.63, 3.8) is 0 Å². The highest BCUT2D eigenvalue weighted by Crippen LogP contribution is 2.32. The lowest BCUT2D eigenvalue weighted by atomic mass is 9.89. The molecule has 0 aromatic heterocycles. The average molecular weight is 302 g/mol. The minimum atomic E-state index is -1.03. The molecule has 1 heterocycles. The lowest BCUT2D eigenvalue weighted by molar-refractivity contribution is -0.146. The maximum absolute atomic E-state index is 12.9. The molecule has 120 valence electrons. The first kappa shape index (κ1) is 16.5. The molecule has 1 aromatic carbocycles. The lowest BCUT2D eigenvalue weighted by Crippen LogP contribution is -2.50. The number of para-hydroxylation sites is 1. The van der Waals surface area contributed by atoms with Crippen molar-refractivity contribution in [2.45, 2.75) is 40.0 Å². The third-order valence-corrected chi connectivity index (χ3v) is 4.40. The van der Waals surface area contributed by atoms with Gasteiger partial charge < -0.3 is 9.80 Å². The molecule has 0 fully saturated rings. The third-order valence-electron chi connectivity index (χ3n) is 4.40. The van der Waals surface area contributed by atoms with Crippen molar-refractivity contribution in [2.75, 3.05) is 25.0 Å². The summed E-state index contributed by atoms with van der Waals surface area (Å²) in [5.41, 5.74) is 1.10. The fourth-order valence-corrected chi connectivity index (χ4v) is 2.95. The van der Waals surface area contributed by atoms with Crippen molar-refractivity contribution in [3.05, 3.63) is 29.8 Å². The molecule has 2 rings (SSSR count). The Morgan fingerprint density at radius 1 is 1.27 bits per heavy atom. The topological polar surface area (TPSA) is 40.6 Å². The molecule has 4 nitrogen and oxygen atoms in total. The largest absolute Gasteiger partial charge is 0.345 e. The van der Waals surface area contributed by atoms with Gasteiger partial charge in [0, 0.05) is 25.8 Å². The van der Waals surface area contributed by atoms with Crippen LogP contribution >= 0.6 is 0 Å². The van der Waals surface area contributed by atoms with Gasteiger partial charge in [-0.2, -0.15) is 0 Å². The van der Waals surface area contributed by atoms with Crippen LogP contribution in [0.4, 0.5) is 5.69 Å². The molecule has 0 spiro atoms. The summed E-state index contributed by atoms with van der Waals surface area (Å²) in [7, 11) is 1.78. The van der Waals surface area contributed by atoms with E-state index >= 15 is 0 Å². The van der Waals surface area contributed by atoms with Gasteiger partial charge in [-0.1, -0.05) is 31.5 Å². The summed E-state index contributed by atoms with van der Waals surface area (Å²) in [6.45, 7) is 6.92. The number of rotatable bonds is 5. The molecule has 0 N–H and O–H groups in total.